The van der Waals surface area contributed by atoms with E-state index in [4.69, 9.17) is 4.74 Å². The summed E-state index contributed by atoms with van der Waals surface area (Å²) < 4.78 is 20.2. The van der Waals surface area contributed by atoms with Gasteiger partial charge in [0.15, 0.2) is 0 Å². The van der Waals surface area contributed by atoms with Crippen molar-refractivity contribution >= 4 is 21.6 Å². The number of rotatable bonds is 3. The van der Waals surface area contributed by atoms with Crippen molar-refractivity contribution in [3.63, 3.8) is 0 Å². The van der Waals surface area contributed by atoms with Crippen molar-refractivity contribution in [1.82, 2.24) is 4.98 Å². The van der Waals surface area contributed by atoms with Crippen molar-refractivity contribution in [1.29, 1.82) is 0 Å². The first kappa shape index (κ1) is 13.7. The highest BCUT2D eigenvalue weighted by molar-refractivity contribution is 7.18. The van der Waals surface area contributed by atoms with Crippen LogP contribution in [0.4, 0.5) is 4.39 Å². The number of hydrogen-bond acceptors (Lipinski definition) is 3. The summed E-state index contributed by atoms with van der Waals surface area (Å²) in [5.41, 5.74) is 4.16. The number of nitrogens with zero attached hydrogens (tertiary/aromatic N) is 1. The topological polar surface area (TPSA) is 22.1 Å². The average Bonchev–Trinajstić information content (AvgIpc) is 3.28. The Balaban J connectivity index is 2.06. The fourth-order valence-electron chi connectivity index (χ4n) is 2.98. The van der Waals surface area contributed by atoms with E-state index >= 15 is 0 Å². The van der Waals surface area contributed by atoms with Gasteiger partial charge in [-0.15, -0.1) is 11.3 Å². The van der Waals surface area contributed by atoms with Gasteiger partial charge in [-0.2, -0.15) is 0 Å². The molecule has 22 heavy (non-hydrogen) atoms. The summed E-state index contributed by atoms with van der Waals surface area (Å²) in [5.74, 6) is 1.25. The Morgan fingerprint density at radius 2 is 1.95 bits per heavy atom. The molecule has 4 rings (SSSR count). The quantitative estimate of drug-likeness (QED) is 0.655. The third-order valence-electron chi connectivity index (χ3n) is 4.13. The summed E-state index contributed by atoms with van der Waals surface area (Å²) >= 11 is 1.70. The van der Waals surface area contributed by atoms with Gasteiger partial charge < -0.3 is 4.74 Å². The molecule has 112 valence electrons. The molecular weight excluding hydrogens is 297 g/mol. The van der Waals surface area contributed by atoms with Crippen LogP contribution in [0.1, 0.15) is 29.3 Å². The molecule has 1 aliphatic rings. The lowest BCUT2D eigenvalue weighted by molar-refractivity contribution is 0.412. The molecule has 0 unspecified atom stereocenters. The smallest absolute Gasteiger partial charge is 0.132 e. The molecule has 4 heteroatoms. The number of hydrogen-bond donors (Lipinski definition) is 0. The number of thiazole rings is 1. The lowest BCUT2D eigenvalue weighted by Crippen LogP contribution is -1.95. The van der Waals surface area contributed by atoms with E-state index in [0.29, 0.717) is 5.92 Å². The van der Waals surface area contributed by atoms with Crippen molar-refractivity contribution in [3.8, 4) is 16.9 Å². The van der Waals surface area contributed by atoms with Gasteiger partial charge in [-0.1, -0.05) is 12.1 Å². The van der Waals surface area contributed by atoms with E-state index in [-0.39, 0.29) is 5.82 Å². The van der Waals surface area contributed by atoms with Crippen LogP contribution in [0.25, 0.3) is 21.3 Å². The third-order valence-corrected chi connectivity index (χ3v) is 5.04. The van der Waals surface area contributed by atoms with Crippen LogP contribution in [0.5, 0.6) is 5.75 Å². The van der Waals surface area contributed by atoms with Gasteiger partial charge in [-0.3, -0.25) is 0 Å². The first-order valence-corrected chi connectivity index (χ1v) is 8.23. The number of ether oxygens (including phenoxy) is 1. The molecule has 2 aromatic carbocycles. The fraction of sp³-hybridized carbons (Fsp3) is 0.278. The van der Waals surface area contributed by atoms with E-state index in [1.807, 2.05) is 6.92 Å². The molecule has 0 N–H and O–H groups in total. The molecule has 0 saturated heterocycles. The zero-order valence-electron chi connectivity index (χ0n) is 12.5. The number of methoxy groups -OCH3 is 1. The van der Waals surface area contributed by atoms with Crippen molar-refractivity contribution in [2.45, 2.75) is 25.7 Å². The molecular formula is C18H16FNOS. The Kier molecular flexibility index (Phi) is 3.15. The van der Waals surface area contributed by atoms with E-state index < -0.39 is 0 Å². The fourth-order valence-corrected chi connectivity index (χ4v) is 3.87. The van der Waals surface area contributed by atoms with Crippen LogP contribution < -0.4 is 4.74 Å². The second-order valence-electron chi connectivity index (χ2n) is 5.73. The lowest BCUT2D eigenvalue weighted by Gasteiger charge is -2.14. The Labute approximate surface area is 132 Å². The van der Waals surface area contributed by atoms with Crippen molar-refractivity contribution in [2.75, 3.05) is 7.11 Å². The molecule has 0 amide bonds. The normalized spacial score (nSPS) is 14.5. The summed E-state index contributed by atoms with van der Waals surface area (Å²) in [6.45, 7) is 2.02. The van der Waals surface area contributed by atoms with E-state index in [9.17, 15) is 4.39 Å². The zero-order chi connectivity index (χ0) is 15.3. The highest BCUT2D eigenvalue weighted by atomic mass is 32.1. The Morgan fingerprint density at radius 3 is 2.59 bits per heavy atom. The molecule has 1 saturated carbocycles. The summed E-state index contributed by atoms with van der Waals surface area (Å²) in [4.78, 5) is 4.69. The molecule has 0 aliphatic heterocycles. The van der Waals surface area contributed by atoms with Crippen LogP contribution in [0, 0.1) is 12.7 Å². The van der Waals surface area contributed by atoms with Gasteiger partial charge in [-0.05, 0) is 55.0 Å². The second kappa shape index (κ2) is 5.06. The van der Waals surface area contributed by atoms with Crippen LogP contribution in [-0.4, -0.2) is 12.1 Å². The molecule has 1 heterocycles. The Bertz CT molecular complexity index is 850. The molecule has 1 aromatic heterocycles. The molecule has 3 aromatic rings. The summed E-state index contributed by atoms with van der Waals surface area (Å²) in [6, 6.07) is 8.81. The number of halogens is 1. The minimum atomic E-state index is -0.230. The van der Waals surface area contributed by atoms with Gasteiger partial charge in [-0.25, -0.2) is 9.37 Å². The number of aryl methyl sites for hydroxylation is 1. The average molecular weight is 313 g/mol. The molecule has 1 fully saturated rings. The zero-order valence-corrected chi connectivity index (χ0v) is 13.3. The Hall–Kier alpha value is -1.94. The lowest BCUT2D eigenvalue weighted by atomic mass is 9.98. The maximum absolute atomic E-state index is 13.3. The van der Waals surface area contributed by atoms with Gasteiger partial charge in [0.1, 0.15) is 11.6 Å². The Morgan fingerprint density at radius 1 is 1.23 bits per heavy atom. The van der Waals surface area contributed by atoms with E-state index in [0.717, 1.165) is 27.4 Å². The van der Waals surface area contributed by atoms with Gasteiger partial charge in [0, 0.05) is 0 Å². The van der Waals surface area contributed by atoms with Crippen LogP contribution >= 0.6 is 11.3 Å². The van der Waals surface area contributed by atoms with Gasteiger partial charge in [0.2, 0.25) is 0 Å². The van der Waals surface area contributed by atoms with Crippen LogP contribution in [0.2, 0.25) is 0 Å². The number of benzene rings is 2. The van der Waals surface area contributed by atoms with Gasteiger partial charge in [0.05, 0.1) is 27.9 Å². The maximum Gasteiger partial charge on any atom is 0.132 e. The molecule has 0 spiro atoms. The largest absolute Gasteiger partial charge is 0.496 e. The van der Waals surface area contributed by atoms with Crippen LogP contribution in [0.15, 0.2) is 30.3 Å². The molecule has 0 radical (unpaired) electrons. The van der Waals surface area contributed by atoms with Crippen molar-refractivity contribution in [3.05, 3.63) is 46.7 Å². The van der Waals surface area contributed by atoms with E-state index in [1.165, 1.54) is 35.2 Å². The maximum atomic E-state index is 13.3. The molecule has 0 atom stereocenters. The third kappa shape index (κ3) is 2.18. The monoisotopic (exact) mass is 313 g/mol. The van der Waals surface area contributed by atoms with Crippen LogP contribution in [-0.2, 0) is 0 Å². The number of aromatic nitrogens is 1. The van der Waals surface area contributed by atoms with E-state index in [1.54, 1.807) is 30.6 Å². The minimum Gasteiger partial charge on any atom is -0.496 e. The second-order valence-corrected chi connectivity index (χ2v) is 6.97. The minimum absolute atomic E-state index is 0.230. The SMILES string of the molecule is COc1c(C2CC2)cc2sc(C)nc2c1-c1ccc(F)cc1. The van der Waals surface area contributed by atoms with Crippen molar-refractivity contribution in [2.24, 2.45) is 0 Å². The van der Waals surface area contributed by atoms with Crippen molar-refractivity contribution < 1.29 is 9.13 Å². The predicted molar refractivity (Wildman–Crippen MR) is 88.3 cm³/mol. The highest BCUT2D eigenvalue weighted by Gasteiger charge is 2.30. The van der Waals surface area contributed by atoms with Gasteiger partial charge in [0.25, 0.3) is 0 Å². The molecule has 2 nitrogen and oxygen atoms in total. The predicted octanol–water partition coefficient (Wildman–Crippen LogP) is 5.30. The first-order valence-electron chi connectivity index (χ1n) is 7.41. The molecule has 0 bridgehead atoms. The standard InChI is InChI=1S/C18H16FNOS/c1-10-20-17-15(22-10)9-14(11-3-4-11)18(21-2)16(17)12-5-7-13(19)8-6-12/h5-9,11H,3-4H2,1-2H3. The van der Waals surface area contributed by atoms with Gasteiger partial charge >= 0.3 is 0 Å². The highest BCUT2D eigenvalue weighted by Crippen LogP contribution is 2.50. The van der Waals surface area contributed by atoms with E-state index in [2.05, 4.69) is 11.1 Å². The summed E-state index contributed by atoms with van der Waals surface area (Å²) in [6.07, 6.45) is 2.42. The summed E-state index contributed by atoms with van der Waals surface area (Å²) in [7, 11) is 1.71. The summed E-state index contributed by atoms with van der Waals surface area (Å²) in [5, 5.41) is 1.04. The van der Waals surface area contributed by atoms with Crippen LogP contribution in [0.3, 0.4) is 0 Å². The number of fused-ring (bicyclic) bond motifs is 1. The molecule has 1 aliphatic carbocycles. The first-order chi connectivity index (χ1) is 10.7.